The molecule has 0 bridgehead atoms. The van der Waals surface area contributed by atoms with Crippen molar-refractivity contribution in [3.63, 3.8) is 0 Å². The Morgan fingerprint density at radius 2 is 2.08 bits per heavy atom. The summed E-state index contributed by atoms with van der Waals surface area (Å²) in [5.74, 6) is 0.792. The van der Waals surface area contributed by atoms with Gasteiger partial charge >= 0.3 is 0 Å². The van der Waals surface area contributed by atoms with Gasteiger partial charge in [0, 0.05) is 6.04 Å². The van der Waals surface area contributed by atoms with E-state index in [4.69, 9.17) is 10.5 Å². The van der Waals surface area contributed by atoms with Crippen molar-refractivity contribution < 1.29 is 4.74 Å². The Hall–Kier alpha value is -1.59. The lowest BCUT2D eigenvalue weighted by Gasteiger charge is -2.10. The standard InChI is InChI=1S/C7H13N5O/c1-4(2)9-6-5(8)7(13-3)11-12-10-6/h4H,1-3H3,(H2,8,12)(H,9,10,11). The van der Waals surface area contributed by atoms with Crippen LogP contribution in [0.1, 0.15) is 13.8 Å². The summed E-state index contributed by atoms with van der Waals surface area (Å²) < 4.78 is 4.89. The fourth-order valence-corrected chi connectivity index (χ4v) is 0.848. The van der Waals surface area contributed by atoms with E-state index in [9.17, 15) is 0 Å². The molecule has 0 unspecified atom stereocenters. The summed E-state index contributed by atoms with van der Waals surface area (Å²) in [7, 11) is 1.49. The second-order valence-electron chi connectivity index (χ2n) is 2.86. The number of methoxy groups -OCH3 is 1. The monoisotopic (exact) mass is 183 g/mol. The first-order valence-electron chi connectivity index (χ1n) is 3.94. The SMILES string of the molecule is COc1nnnc(NC(C)C)c1N. The first kappa shape index (κ1) is 9.50. The number of ether oxygens (including phenoxy) is 1. The number of nitrogens with one attached hydrogen (secondary N) is 1. The van der Waals surface area contributed by atoms with Crippen LogP contribution in [0.2, 0.25) is 0 Å². The quantitative estimate of drug-likeness (QED) is 0.700. The van der Waals surface area contributed by atoms with Crippen molar-refractivity contribution in [2.24, 2.45) is 0 Å². The van der Waals surface area contributed by atoms with Crippen molar-refractivity contribution in [2.75, 3.05) is 18.2 Å². The van der Waals surface area contributed by atoms with Crippen molar-refractivity contribution in [2.45, 2.75) is 19.9 Å². The lowest BCUT2D eigenvalue weighted by molar-refractivity contribution is 0.391. The van der Waals surface area contributed by atoms with Gasteiger partial charge in [0.05, 0.1) is 7.11 Å². The molecule has 0 spiro atoms. The van der Waals surface area contributed by atoms with Gasteiger partial charge in [0.15, 0.2) is 5.82 Å². The van der Waals surface area contributed by atoms with Crippen LogP contribution in [0, 0.1) is 0 Å². The van der Waals surface area contributed by atoms with Gasteiger partial charge in [0.25, 0.3) is 5.88 Å². The number of aromatic nitrogens is 3. The highest BCUT2D eigenvalue weighted by molar-refractivity contribution is 5.65. The number of nitrogens with two attached hydrogens (primary N) is 1. The summed E-state index contributed by atoms with van der Waals surface area (Å²) >= 11 is 0. The highest BCUT2D eigenvalue weighted by atomic mass is 16.5. The number of rotatable bonds is 3. The fraction of sp³-hybridized carbons (Fsp3) is 0.571. The number of hydrogen-bond donors (Lipinski definition) is 2. The number of hydrogen-bond acceptors (Lipinski definition) is 6. The van der Waals surface area contributed by atoms with Gasteiger partial charge in [-0.05, 0) is 19.1 Å². The van der Waals surface area contributed by atoms with E-state index in [1.807, 2.05) is 13.8 Å². The molecule has 0 aromatic carbocycles. The zero-order valence-corrected chi connectivity index (χ0v) is 7.90. The lowest BCUT2D eigenvalue weighted by Crippen LogP contribution is -2.14. The Labute approximate surface area is 76.5 Å². The summed E-state index contributed by atoms with van der Waals surface area (Å²) in [6, 6.07) is 0.240. The molecule has 0 radical (unpaired) electrons. The second kappa shape index (κ2) is 3.88. The molecule has 72 valence electrons. The van der Waals surface area contributed by atoms with Crippen molar-refractivity contribution in [1.82, 2.24) is 15.4 Å². The van der Waals surface area contributed by atoms with E-state index in [0.29, 0.717) is 11.5 Å². The van der Waals surface area contributed by atoms with Crippen LogP contribution in [0.15, 0.2) is 0 Å². The average molecular weight is 183 g/mol. The van der Waals surface area contributed by atoms with Crippen LogP contribution in [-0.2, 0) is 0 Å². The van der Waals surface area contributed by atoms with Crippen molar-refractivity contribution in [1.29, 1.82) is 0 Å². The van der Waals surface area contributed by atoms with Crippen LogP contribution in [0.3, 0.4) is 0 Å². The molecule has 0 amide bonds. The molecule has 1 heterocycles. The summed E-state index contributed by atoms with van der Waals surface area (Å²) in [5, 5.41) is 13.9. The predicted octanol–water partition coefficient (Wildman–Crippen LogP) is 0.283. The number of anilines is 2. The molecule has 0 aliphatic heterocycles. The topological polar surface area (TPSA) is 86.0 Å². The highest BCUT2D eigenvalue weighted by Crippen LogP contribution is 2.23. The molecule has 0 aliphatic rings. The molecule has 6 nitrogen and oxygen atoms in total. The van der Waals surface area contributed by atoms with Gasteiger partial charge in [-0.1, -0.05) is 5.10 Å². The zero-order valence-electron chi connectivity index (χ0n) is 7.90. The van der Waals surface area contributed by atoms with Crippen LogP contribution in [0.4, 0.5) is 11.5 Å². The van der Waals surface area contributed by atoms with Gasteiger partial charge in [0.1, 0.15) is 5.69 Å². The summed E-state index contributed by atoms with van der Waals surface area (Å²) in [4.78, 5) is 0. The Balaban J connectivity index is 2.94. The van der Waals surface area contributed by atoms with E-state index in [1.54, 1.807) is 0 Å². The molecule has 6 heteroatoms. The van der Waals surface area contributed by atoms with Crippen molar-refractivity contribution >= 4 is 11.5 Å². The van der Waals surface area contributed by atoms with Crippen molar-refractivity contribution in [3.05, 3.63) is 0 Å². The molecule has 13 heavy (non-hydrogen) atoms. The Morgan fingerprint density at radius 1 is 1.38 bits per heavy atom. The van der Waals surface area contributed by atoms with Gasteiger partial charge in [-0.2, -0.15) is 0 Å². The van der Waals surface area contributed by atoms with Crippen molar-refractivity contribution in [3.8, 4) is 5.88 Å². The average Bonchev–Trinajstić information content (AvgIpc) is 2.08. The largest absolute Gasteiger partial charge is 0.478 e. The van der Waals surface area contributed by atoms with Crippen LogP contribution in [0.25, 0.3) is 0 Å². The van der Waals surface area contributed by atoms with E-state index in [0.717, 1.165) is 0 Å². The Kier molecular flexibility index (Phi) is 2.84. The molecule has 0 fully saturated rings. The smallest absolute Gasteiger partial charge is 0.262 e. The van der Waals surface area contributed by atoms with Gasteiger partial charge in [0.2, 0.25) is 0 Å². The van der Waals surface area contributed by atoms with Gasteiger partial charge in [-0.15, -0.1) is 5.10 Å². The van der Waals surface area contributed by atoms with Gasteiger partial charge < -0.3 is 15.8 Å². The molecule has 1 rings (SSSR count). The van der Waals surface area contributed by atoms with E-state index < -0.39 is 0 Å². The van der Waals surface area contributed by atoms with E-state index in [1.165, 1.54) is 7.11 Å². The first-order valence-corrected chi connectivity index (χ1v) is 3.94. The maximum Gasteiger partial charge on any atom is 0.262 e. The predicted molar refractivity (Wildman–Crippen MR) is 49.6 cm³/mol. The molecule has 1 aromatic heterocycles. The molecule has 1 aromatic rings. The fourth-order valence-electron chi connectivity index (χ4n) is 0.848. The molecule has 0 saturated carbocycles. The Bertz CT molecular complexity index is 288. The maximum atomic E-state index is 5.69. The Morgan fingerprint density at radius 3 is 2.62 bits per heavy atom. The summed E-state index contributed by atoms with van der Waals surface area (Å²) in [5.41, 5.74) is 6.07. The minimum absolute atomic E-state index is 0.240. The summed E-state index contributed by atoms with van der Waals surface area (Å²) in [6.07, 6.45) is 0. The van der Waals surface area contributed by atoms with E-state index in [2.05, 4.69) is 20.7 Å². The van der Waals surface area contributed by atoms with Crippen LogP contribution in [0.5, 0.6) is 5.88 Å². The molecule has 3 N–H and O–H groups in total. The van der Waals surface area contributed by atoms with E-state index >= 15 is 0 Å². The molecular formula is C7H13N5O. The van der Waals surface area contributed by atoms with Crippen LogP contribution >= 0.6 is 0 Å². The number of nitrogens with zero attached hydrogens (tertiary/aromatic N) is 3. The van der Waals surface area contributed by atoms with Crippen LogP contribution < -0.4 is 15.8 Å². The third-order valence-corrected chi connectivity index (χ3v) is 1.38. The minimum Gasteiger partial charge on any atom is -0.478 e. The lowest BCUT2D eigenvalue weighted by atomic mass is 10.4. The zero-order chi connectivity index (χ0) is 9.84. The first-order chi connectivity index (χ1) is 6.15. The molecular weight excluding hydrogens is 170 g/mol. The third kappa shape index (κ3) is 2.17. The second-order valence-corrected chi connectivity index (χ2v) is 2.86. The molecule has 0 aliphatic carbocycles. The summed E-state index contributed by atoms with van der Waals surface area (Å²) in [6.45, 7) is 3.96. The number of nitrogen functional groups attached to an aromatic ring is 1. The minimum atomic E-state index is 0.240. The highest BCUT2D eigenvalue weighted by Gasteiger charge is 2.09. The maximum absolute atomic E-state index is 5.69. The van der Waals surface area contributed by atoms with Gasteiger partial charge in [-0.3, -0.25) is 0 Å². The van der Waals surface area contributed by atoms with Gasteiger partial charge in [-0.25, -0.2) is 0 Å². The van der Waals surface area contributed by atoms with Crippen LogP contribution in [-0.4, -0.2) is 28.6 Å². The van der Waals surface area contributed by atoms with E-state index in [-0.39, 0.29) is 11.9 Å². The third-order valence-electron chi connectivity index (χ3n) is 1.38. The molecule has 0 saturated heterocycles. The normalized spacial score (nSPS) is 10.2. The molecule has 0 atom stereocenters.